The third-order valence-electron chi connectivity index (χ3n) is 2.43. The largest absolute Gasteiger partial charge is 0.193 e. The molecule has 0 aliphatic heterocycles. The zero-order valence-electron chi connectivity index (χ0n) is 11.0. The van der Waals surface area contributed by atoms with Gasteiger partial charge in [-0.3, -0.25) is 0 Å². The summed E-state index contributed by atoms with van der Waals surface area (Å²) in [4.78, 5) is 0. The molecule has 1 nitrogen and oxygen atoms in total. The molecule has 0 rings (SSSR count). The van der Waals surface area contributed by atoms with Gasteiger partial charge in [-0.1, -0.05) is 28.9 Å². The highest BCUT2D eigenvalue weighted by Crippen LogP contribution is 2.10. The quantitative estimate of drug-likeness (QED) is 0.457. The summed E-state index contributed by atoms with van der Waals surface area (Å²) in [6.07, 6.45) is 10.5. The van der Waals surface area contributed by atoms with Crippen LogP contribution in [-0.4, -0.2) is 0 Å². The van der Waals surface area contributed by atoms with E-state index in [2.05, 4.69) is 39.0 Å². The van der Waals surface area contributed by atoms with Crippen molar-refractivity contribution in [2.45, 2.75) is 53.4 Å². The molecule has 0 bridgehead atoms. The van der Waals surface area contributed by atoms with Crippen molar-refractivity contribution in [2.75, 3.05) is 0 Å². The van der Waals surface area contributed by atoms with Crippen molar-refractivity contribution < 1.29 is 0 Å². The number of nitriles is 1. The van der Waals surface area contributed by atoms with Gasteiger partial charge in [0.25, 0.3) is 0 Å². The molecule has 0 aliphatic carbocycles. The molecular weight excluding hydrogens is 194 g/mol. The predicted molar refractivity (Wildman–Crippen MR) is 71.0 cm³/mol. The van der Waals surface area contributed by atoms with Crippen molar-refractivity contribution in [2.24, 2.45) is 0 Å². The number of hydrogen-bond acceptors (Lipinski definition) is 1. The fraction of sp³-hybridized carbons (Fsp3) is 0.533. The standard InChI is InChI=1S/C15H23N/c1-13(2)7-5-8-14(3)9-6-10-15(4)11-12-16/h7,9,11H,5-6,8,10H2,1-4H3/b14-9+,15-11+. The van der Waals surface area contributed by atoms with Crippen LogP contribution >= 0.6 is 0 Å². The fourth-order valence-corrected chi connectivity index (χ4v) is 1.42. The molecule has 0 unspecified atom stereocenters. The minimum absolute atomic E-state index is 0.994. The van der Waals surface area contributed by atoms with Gasteiger partial charge < -0.3 is 0 Å². The Kier molecular flexibility index (Phi) is 8.25. The van der Waals surface area contributed by atoms with Crippen molar-refractivity contribution in [1.29, 1.82) is 5.26 Å². The van der Waals surface area contributed by atoms with E-state index in [4.69, 9.17) is 5.26 Å². The smallest absolute Gasteiger partial charge is 0.0911 e. The summed E-state index contributed by atoms with van der Waals surface area (Å²) in [6, 6.07) is 2.06. The Morgan fingerprint density at radius 3 is 2.06 bits per heavy atom. The van der Waals surface area contributed by atoms with Crippen molar-refractivity contribution in [1.82, 2.24) is 0 Å². The first-order valence-corrected chi connectivity index (χ1v) is 5.90. The Morgan fingerprint density at radius 1 is 0.938 bits per heavy atom. The van der Waals surface area contributed by atoms with E-state index < -0.39 is 0 Å². The van der Waals surface area contributed by atoms with Crippen LogP contribution in [0.1, 0.15) is 53.4 Å². The minimum Gasteiger partial charge on any atom is -0.193 e. The van der Waals surface area contributed by atoms with Crippen LogP contribution < -0.4 is 0 Å². The number of allylic oxidation sites excluding steroid dienone is 6. The van der Waals surface area contributed by atoms with Gasteiger partial charge in [-0.25, -0.2) is 0 Å². The van der Waals surface area contributed by atoms with Crippen LogP contribution in [0.25, 0.3) is 0 Å². The zero-order valence-corrected chi connectivity index (χ0v) is 11.0. The topological polar surface area (TPSA) is 23.8 Å². The van der Waals surface area contributed by atoms with Crippen molar-refractivity contribution in [3.63, 3.8) is 0 Å². The molecule has 0 aromatic heterocycles. The molecule has 0 heterocycles. The summed E-state index contributed by atoms with van der Waals surface area (Å²) in [5, 5.41) is 8.47. The van der Waals surface area contributed by atoms with Gasteiger partial charge in [-0.05, 0) is 53.4 Å². The zero-order chi connectivity index (χ0) is 12.4. The Bertz CT molecular complexity index is 320. The second-order valence-electron chi connectivity index (χ2n) is 4.53. The SMILES string of the molecule is CC(C)=CCC/C(C)=C/CC/C(C)=C/C#N. The number of nitrogens with zero attached hydrogens (tertiary/aromatic N) is 1. The van der Waals surface area contributed by atoms with Crippen LogP contribution in [0, 0.1) is 11.3 Å². The molecule has 0 spiro atoms. The van der Waals surface area contributed by atoms with Gasteiger partial charge in [-0.15, -0.1) is 0 Å². The van der Waals surface area contributed by atoms with E-state index in [0.717, 1.165) is 31.3 Å². The van der Waals surface area contributed by atoms with Crippen molar-refractivity contribution >= 4 is 0 Å². The number of hydrogen-bond donors (Lipinski definition) is 0. The second-order valence-corrected chi connectivity index (χ2v) is 4.53. The summed E-state index contributed by atoms with van der Waals surface area (Å²) in [6.45, 7) is 8.46. The van der Waals surface area contributed by atoms with Gasteiger partial charge >= 0.3 is 0 Å². The maximum absolute atomic E-state index is 8.47. The van der Waals surface area contributed by atoms with Gasteiger partial charge in [0.1, 0.15) is 0 Å². The third kappa shape index (κ3) is 9.27. The molecule has 0 radical (unpaired) electrons. The molecule has 0 fully saturated rings. The molecule has 0 saturated carbocycles. The maximum Gasteiger partial charge on any atom is 0.0911 e. The van der Waals surface area contributed by atoms with Gasteiger partial charge in [0.15, 0.2) is 0 Å². The summed E-state index contributed by atoms with van der Waals surface area (Å²) < 4.78 is 0. The Morgan fingerprint density at radius 2 is 1.50 bits per heavy atom. The Labute approximate surface area is 100 Å². The average molecular weight is 217 g/mol. The molecule has 1 heteroatoms. The maximum atomic E-state index is 8.47. The van der Waals surface area contributed by atoms with E-state index in [9.17, 15) is 0 Å². The van der Waals surface area contributed by atoms with E-state index in [-0.39, 0.29) is 0 Å². The minimum atomic E-state index is 0.994. The number of rotatable bonds is 6. The fourth-order valence-electron chi connectivity index (χ4n) is 1.42. The summed E-state index contributed by atoms with van der Waals surface area (Å²) in [5.74, 6) is 0. The predicted octanol–water partition coefficient (Wildman–Crippen LogP) is 4.93. The van der Waals surface area contributed by atoms with Gasteiger partial charge in [0.05, 0.1) is 6.07 Å². The summed E-state index contributed by atoms with van der Waals surface area (Å²) in [7, 11) is 0. The van der Waals surface area contributed by atoms with Gasteiger partial charge in [-0.2, -0.15) is 5.26 Å². The van der Waals surface area contributed by atoms with Gasteiger partial charge in [0.2, 0.25) is 0 Å². The molecule has 0 amide bonds. The lowest BCUT2D eigenvalue weighted by Crippen LogP contribution is -1.80. The third-order valence-corrected chi connectivity index (χ3v) is 2.43. The van der Waals surface area contributed by atoms with E-state index in [0.29, 0.717) is 0 Å². The molecular formula is C15H23N. The normalized spacial score (nSPS) is 12.2. The molecule has 16 heavy (non-hydrogen) atoms. The summed E-state index contributed by atoms with van der Waals surface area (Å²) in [5.41, 5.74) is 4.00. The Balaban J connectivity index is 3.84. The van der Waals surface area contributed by atoms with E-state index in [1.807, 2.05) is 6.92 Å². The molecule has 88 valence electrons. The lowest BCUT2D eigenvalue weighted by atomic mass is 10.1. The average Bonchev–Trinajstić information content (AvgIpc) is 2.17. The highest BCUT2D eigenvalue weighted by molar-refractivity contribution is 5.12. The highest BCUT2D eigenvalue weighted by atomic mass is 14.2. The molecule has 0 saturated heterocycles. The summed E-state index contributed by atoms with van der Waals surface area (Å²) >= 11 is 0. The molecule has 0 aliphatic rings. The molecule has 0 aromatic rings. The lowest BCUT2D eigenvalue weighted by Gasteiger charge is -2.00. The van der Waals surface area contributed by atoms with Crippen LogP contribution in [0.3, 0.4) is 0 Å². The lowest BCUT2D eigenvalue weighted by molar-refractivity contribution is 0.919. The molecule has 0 aromatic carbocycles. The first kappa shape index (κ1) is 14.7. The van der Waals surface area contributed by atoms with Crippen LogP contribution in [0.5, 0.6) is 0 Å². The molecule has 0 atom stereocenters. The van der Waals surface area contributed by atoms with Crippen LogP contribution in [0.2, 0.25) is 0 Å². The van der Waals surface area contributed by atoms with E-state index in [1.165, 1.54) is 11.1 Å². The van der Waals surface area contributed by atoms with Crippen LogP contribution in [0.15, 0.2) is 34.9 Å². The molecule has 0 N–H and O–H groups in total. The monoisotopic (exact) mass is 217 g/mol. The highest BCUT2D eigenvalue weighted by Gasteiger charge is 1.91. The van der Waals surface area contributed by atoms with E-state index in [1.54, 1.807) is 6.08 Å². The van der Waals surface area contributed by atoms with E-state index >= 15 is 0 Å². The second kappa shape index (κ2) is 8.97. The van der Waals surface area contributed by atoms with Crippen LogP contribution in [0.4, 0.5) is 0 Å². The van der Waals surface area contributed by atoms with Crippen molar-refractivity contribution in [3.8, 4) is 6.07 Å². The Hall–Kier alpha value is -1.29. The van der Waals surface area contributed by atoms with Gasteiger partial charge in [0, 0.05) is 6.08 Å². The van der Waals surface area contributed by atoms with Crippen LogP contribution in [-0.2, 0) is 0 Å². The first-order chi connectivity index (χ1) is 7.56. The van der Waals surface area contributed by atoms with Crippen molar-refractivity contribution in [3.05, 3.63) is 34.9 Å². The first-order valence-electron chi connectivity index (χ1n) is 5.90.